The number of Topliss-reactive ketones (excluding diaryl/α,β-unsaturated/α-hetero) is 1. The van der Waals surface area contributed by atoms with Gasteiger partial charge in [-0.25, -0.2) is 4.39 Å². The fraction of sp³-hybridized carbons (Fsp3) is 0.533. The number of benzene rings is 1. The minimum atomic E-state index is -0.343. The fourth-order valence-electron chi connectivity index (χ4n) is 2.24. The zero-order valence-electron chi connectivity index (χ0n) is 12.3. The second-order valence-corrected chi connectivity index (χ2v) is 4.77. The van der Waals surface area contributed by atoms with Crippen molar-refractivity contribution < 1.29 is 13.9 Å². The van der Waals surface area contributed by atoms with Gasteiger partial charge in [-0.1, -0.05) is 0 Å². The minimum Gasteiger partial charge on any atom is -0.383 e. The maximum Gasteiger partial charge on any atom is 0.161 e. The molecule has 0 bridgehead atoms. The molecule has 0 fully saturated rings. The van der Waals surface area contributed by atoms with E-state index in [4.69, 9.17) is 4.74 Å². The van der Waals surface area contributed by atoms with E-state index in [0.717, 1.165) is 12.2 Å². The Morgan fingerprint density at radius 1 is 1.47 bits per heavy atom. The van der Waals surface area contributed by atoms with Crippen molar-refractivity contribution in [3.63, 3.8) is 0 Å². The van der Waals surface area contributed by atoms with Crippen LogP contribution in [0.4, 0.5) is 10.1 Å². The van der Waals surface area contributed by atoms with Crippen LogP contribution < -0.4 is 4.90 Å². The summed E-state index contributed by atoms with van der Waals surface area (Å²) >= 11 is 0. The summed E-state index contributed by atoms with van der Waals surface area (Å²) in [7, 11) is 1.64. The lowest BCUT2D eigenvalue weighted by atomic mass is 10.0. The summed E-state index contributed by atoms with van der Waals surface area (Å²) in [5.74, 6) is -0.471. The average molecular weight is 267 g/mol. The predicted molar refractivity (Wildman–Crippen MR) is 75.5 cm³/mol. The first-order valence-electron chi connectivity index (χ1n) is 6.49. The number of ether oxygens (including phenoxy) is 1. The van der Waals surface area contributed by atoms with Crippen LogP contribution in [-0.4, -0.2) is 32.1 Å². The molecular formula is C15H22FNO2. The molecule has 0 aromatic heterocycles. The zero-order chi connectivity index (χ0) is 14.6. The minimum absolute atomic E-state index is 0.123. The molecule has 1 rings (SSSR count). The summed E-state index contributed by atoms with van der Waals surface area (Å²) < 4.78 is 18.8. The third kappa shape index (κ3) is 3.53. The molecule has 0 radical (unpaired) electrons. The molecular weight excluding hydrogens is 245 g/mol. The van der Waals surface area contributed by atoms with Crippen LogP contribution >= 0.6 is 0 Å². The molecule has 0 amide bonds. The van der Waals surface area contributed by atoms with Gasteiger partial charge < -0.3 is 9.64 Å². The van der Waals surface area contributed by atoms with Crippen LogP contribution in [0.3, 0.4) is 0 Å². The van der Waals surface area contributed by atoms with Gasteiger partial charge in [0.1, 0.15) is 5.82 Å². The van der Waals surface area contributed by atoms with E-state index in [1.807, 2.05) is 13.8 Å². The van der Waals surface area contributed by atoms with E-state index in [9.17, 15) is 9.18 Å². The van der Waals surface area contributed by atoms with Crippen LogP contribution in [0.2, 0.25) is 0 Å². The molecule has 106 valence electrons. The predicted octanol–water partition coefficient (Wildman–Crippen LogP) is 3.20. The van der Waals surface area contributed by atoms with Gasteiger partial charge in [0.15, 0.2) is 5.78 Å². The van der Waals surface area contributed by atoms with Crippen molar-refractivity contribution in [2.75, 3.05) is 25.2 Å². The van der Waals surface area contributed by atoms with E-state index in [-0.39, 0.29) is 17.6 Å². The molecule has 1 atom stereocenters. The summed E-state index contributed by atoms with van der Waals surface area (Å²) in [4.78, 5) is 13.8. The normalized spacial score (nSPS) is 12.3. The molecule has 0 aliphatic heterocycles. The first kappa shape index (κ1) is 15.6. The van der Waals surface area contributed by atoms with Gasteiger partial charge in [-0.2, -0.15) is 0 Å². The molecule has 1 aromatic carbocycles. The van der Waals surface area contributed by atoms with E-state index in [1.165, 1.54) is 13.0 Å². The lowest BCUT2D eigenvalue weighted by Crippen LogP contribution is -2.37. The third-order valence-electron chi connectivity index (χ3n) is 3.25. The first-order valence-corrected chi connectivity index (χ1v) is 6.49. The Labute approximate surface area is 114 Å². The van der Waals surface area contributed by atoms with Crippen LogP contribution in [0.1, 0.15) is 36.7 Å². The van der Waals surface area contributed by atoms with E-state index < -0.39 is 0 Å². The van der Waals surface area contributed by atoms with E-state index in [0.29, 0.717) is 17.7 Å². The third-order valence-corrected chi connectivity index (χ3v) is 3.25. The molecule has 19 heavy (non-hydrogen) atoms. The second-order valence-electron chi connectivity index (χ2n) is 4.77. The number of aryl methyl sites for hydroxylation is 1. The number of halogens is 1. The Balaban J connectivity index is 3.29. The summed E-state index contributed by atoms with van der Waals surface area (Å²) in [6.07, 6.45) is 0. The largest absolute Gasteiger partial charge is 0.383 e. The van der Waals surface area contributed by atoms with Gasteiger partial charge in [-0.3, -0.25) is 4.79 Å². The van der Waals surface area contributed by atoms with Crippen molar-refractivity contribution in [1.82, 2.24) is 0 Å². The molecule has 0 aliphatic rings. The smallest absolute Gasteiger partial charge is 0.161 e. The SMILES string of the molecule is CCN(c1cc(C)c(F)cc1C(C)=O)C(C)COC. The number of hydrogen-bond acceptors (Lipinski definition) is 3. The summed E-state index contributed by atoms with van der Waals surface area (Å²) in [6, 6.07) is 3.19. The van der Waals surface area contributed by atoms with E-state index in [1.54, 1.807) is 20.1 Å². The Kier molecular flexibility index (Phi) is 5.48. The number of nitrogens with zero attached hydrogens (tertiary/aromatic N) is 1. The highest BCUT2D eigenvalue weighted by Crippen LogP contribution is 2.26. The lowest BCUT2D eigenvalue weighted by molar-refractivity contribution is 0.101. The molecule has 0 saturated heterocycles. The number of carbonyl (C=O) groups is 1. The second kappa shape index (κ2) is 6.66. The number of likely N-dealkylation sites (N-methyl/N-ethyl adjacent to an activating group) is 1. The quantitative estimate of drug-likeness (QED) is 0.741. The highest BCUT2D eigenvalue weighted by Gasteiger charge is 2.19. The van der Waals surface area contributed by atoms with E-state index in [2.05, 4.69) is 4.90 Å². The van der Waals surface area contributed by atoms with Crippen molar-refractivity contribution in [3.05, 3.63) is 29.1 Å². The Morgan fingerprint density at radius 3 is 2.58 bits per heavy atom. The molecule has 0 heterocycles. The van der Waals surface area contributed by atoms with Crippen molar-refractivity contribution in [3.8, 4) is 0 Å². The summed E-state index contributed by atoms with van der Waals surface area (Å²) in [5, 5.41) is 0. The molecule has 0 spiro atoms. The molecule has 0 N–H and O–H groups in total. The highest BCUT2D eigenvalue weighted by molar-refractivity contribution is 6.00. The Morgan fingerprint density at radius 2 is 2.11 bits per heavy atom. The first-order chi connectivity index (χ1) is 8.92. The van der Waals surface area contributed by atoms with E-state index >= 15 is 0 Å². The van der Waals surface area contributed by atoms with Crippen molar-refractivity contribution >= 4 is 11.5 Å². The van der Waals surface area contributed by atoms with Crippen molar-refractivity contribution in [2.24, 2.45) is 0 Å². The fourth-order valence-corrected chi connectivity index (χ4v) is 2.24. The van der Waals surface area contributed by atoms with Gasteiger partial charge in [0.05, 0.1) is 6.61 Å². The average Bonchev–Trinajstić information content (AvgIpc) is 2.34. The monoisotopic (exact) mass is 267 g/mol. The molecule has 0 aliphatic carbocycles. The maximum absolute atomic E-state index is 13.6. The zero-order valence-corrected chi connectivity index (χ0v) is 12.3. The summed E-state index contributed by atoms with van der Waals surface area (Å²) in [6.45, 7) is 8.49. The van der Waals surface area contributed by atoms with Gasteiger partial charge >= 0.3 is 0 Å². The number of carbonyl (C=O) groups excluding carboxylic acids is 1. The van der Waals surface area contributed by atoms with Crippen LogP contribution in [-0.2, 0) is 4.74 Å². The van der Waals surface area contributed by atoms with Crippen molar-refractivity contribution in [1.29, 1.82) is 0 Å². The molecule has 0 saturated carbocycles. The summed E-state index contributed by atoms with van der Waals surface area (Å²) in [5.41, 5.74) is 1.74. The maximum atomic E-state index is 13.6. The topological polar surface area (TPSA) is 29.5 Å². The molecule has 1 aromatic rings. The van der Waals surface area contributed by atoms with Gasteiger partial charge in [0, 0.05) is 30.9 Å². The lowest BCUT2D eigenvalue weighted by Gasteiger charge is -2.31. The molecule has 1 unspecified atom stereocenters. The number of methoxy groups -OCH3 is 1. The molecule has 3 nitrogen and oxygen atoms in total. The number of ketones is 1. The van der Waals surface area contributed by atoms with Gasteiger partial charge in [-0.15, -0.1) is 0 Å². The Hall–Kier alpha value is -1.42. The van der Waals surface area contributed by atoms with Crippen LogP contribution in [0.15, 0.2) is 12.1 Å². The Bertz CT molecular complexity index is 460. The van der Waals surface area contributed by atoms with Gasteiger partial charge in [-0.05, 0) is 45.4 Å². The number of anilines is 1. The standard InChI is InChI=1S/C15H22FNO2/c1-6-17(11(3)9-19-5)15-7-10(2)14(16)8-13(15)12(4)18/h7-8,11H,6,9H2,1-5H3. The van der Waals surface area contributed by atoms with Crippen LogP contribution in [0.5, 0.6) is 0 Å². The number of hydrogen-bond donors (Lipinski definition) is 0. The molecule has 4 heteroatoms. The number of rotatable bonds is 6. The highest BCUT2D eigenvalue weighted by atomic mass is 19.1. The van der Waals surface area contributed by atoms with Gasteiger partial charge in [0.2, 0.25) is 0 Å². The van der Waals surface area contributed by atoms with Crippen LogP contribution in [0.25, 0.3) is 0 Å². The van der Waals surface area contributed by atoms with Crippen LogP contribution in [0, 0.1) is 12.7 Å². The van der Waals surface area contributed by atoms with Crippen molar-refractivity contribution in [2.45, 2.75) is 33.7 Å². The van der Waals surface area contributed by atoms with Gasteiger partial charge in [0.25, 0.3) is 0 Å².